The molecule has 0 radical (unpaired) electrons. The van der Waals surface area contributed by atoms with Crippen LogP contribution in [0.1, 0.15) is 6.92 Å². The third kappa shape index (κ3) is 2.72. The van der Waals surface area contributed by atoms with E-state index in [1.54, 1.807) is 6.92 Å². The van der Waals surface area contributed by atoms with Crippen LogP contribution in [0.15, 0.2) is 22.7 Å². The van der Waals surface area contributed by atoms with Crippen molar-refractivity contribution < 1.29 is 0 Å². The van der Waals surface area contributed by atoms with Gasteiger partial charge in [-0.1, -0.05) is 29.8 Å². The predicted molar refractivity (Wildman–Crippen MR) is 34.6 cm³/mol. The Kier molecular flexibility index (Phi) is 3.14. The molecule has 0 fully saturated rings. The van der Waals surface area contributed by atoms with E-state index in [1.807, 2.05) is 0 Å². The molecule has 0 spiro atoms. The highest BCUT2D eigenvalue weighted by atomic mass is 35.5. The smallest absolute Gasteiger partial charge is 0.0542 e. The van der Waals surface area contributed by atoms with E-state index in [4.69, 9.17) is 23.2 Å². The first-order chi connectivity index (χ1) is 3.18. The van der Waals surface area contributed by atoms with Crippen molar-refractivity contribution in [3.05, 3.63) is 22.7 Å². The Morgan fingerprint density at radius 2 is 2.00 bits per heavy atom. The van der Waals surface area contributed by atoms with E-state index in [-0.39, 0.29) is 0 Å². The first kappa shape index (κ1) is 7.06. The third-order valence-corrected chi connectivity index (χ3v) is 1.25. The molecule has 0 unspecified atom stereocenters. The summed E-state index contributed by atoms with van der Waals surface area (Å²) in [7, 11) is 0. The molecule has 0 nitrogen and oxygen atoms in total. The largest absolute Gasteiger partial charge is 0.0975 e. The van der Waals surface area contributed by atoms with Gasteiger partial charge in [0.15, 0.2) is 0 Å². The van der Waals surface area contributed by atoms with E-state index in [1.165, 1.54) is 6.08 Å². The van der Waals surface area contributed by atoms with Crippen LogP contribution in [0.5, 0.6) is 0 Å². The van der Waals surface area contributed by atoms with Gasteiger partial charge in [0.25, 0.3) is 0 Å². The molecule has 0 aliphatic rings. The second-order valence-corrected chi connectivity index (χ2v) is 2.06. The number of hydrogen-bond donors (Lipinski definition) is 0. The molecule has 0 heterocycles. The maximum atomic E-state index is 5.43. The monoisotopic (exact) mass is 136 g/mol. The molecule has 0 saturated heterocycles. The molecule has 0 saturated carbocycles. The van der Waals surface area contributed by atoms with E-state index in [2.05, 4.69) is 6.58 Å². The van der Waals surface area contributed by atoms with Crippen LogP contribution >= 0.6 is 23.2 Å². The van der Waals surface area contributed by atoms with Crippen molar-refractivity contribution in [2.24, 2.45) is 0 Å². The van der Waals surface area contributed by atoms with Crippen LogP contribution in [0.3, 0.4) is 0 Å². The number of allylic oxidation sites excluding steroid dienone is 3. The lowest BCUT2D eigenvalue weighted by Gasteiger charge is -1.84. The van der Waals surface area contributed by atoms with Crippen LogP contribution in [0.2, 0.25) is 0 Å². The molecule has 0 aliphatic heterocycles. The molecule has 0 bridgehead atoms. The zero-order valence-electron chi connectivity index (χ0n) is 4.04. The normalized spacial score (nSPS) is 13.0. The summed E-state index contributed by atoms with van der Waals surface area (Å²) in [6.07, 6.45) is 1.50. The van der Waals surface area contributed by atoms with Gasteiger partial charge >= 0.3 is 0 Å². The number of rotatable bonds is 1. The van der Waals surface area contributed by atoms with E-state index >= 15 is 0 Å². The summed E-state index contributed by atoms with van der Waals surface area (Å²) in [5.41, 5.74) is 0. The van der Waals surface area contributed by atoms with Crippen molar-refractivity contribution >= 4 is 23.2 Å². The van der Waals surface area contributed by atoms with Crippen LogP contribution in [0.25, 0.3) is 0 Å². The predicted octanol–water partition coefficient (Wildman–Crippen LogP) is 2.88. The van der Waals surface area contributed by atoms with Crippen LogP contribution in [0, 0.1) is 0 Å². The fourth-order valence-corrected chi connectivity index (χ4v) is 0.218. The highest BCUT2D eigenvalue weighted by molar-refractivity contribution is 6.39. The highest BCUT2D eigenvalue weighted by Crippen LogP contribution is 2.12. The second kappa shape index (κ2) is 3.11. The van der Waals surface area contributed by atoms with Crippen LogP contribution in [-0.2, 0) is 0 Å². The first-order valence-electron chi connectivity index (χ1n) is 1.82. The summed E-state index contributed by atoms with van der Waals surface area (Å²) >= 11 is 10.8. The van der Waals surface area contributed by atoms with Crippen molar-refractivity contribution in [2.45, 2.75) is 6.92 Å². The molecular formula is C5H6Cl2. The molecule has 7 heavy (non-hydrogen) atoms. The molecule has 0 amide bonds. The van der Waals surface area contributed by atoms with Gasteiger partial charge in [0.2, 0.25) is 0 Å². The van der Waals surface area contributed by atoms with E-state index in [0.717, 1.165) is 0 Å². The van der Waals surface area contributed by atoms with Crippen LogP contribution in [0.4, 0.5) is 0 Å². The quantitative estimate of drug-likeness (QED) is 0.487. The summed E-state index contributed by atoms with van der Waals surface area (Å²) < 4.78 is 0. The third-order valence-electron chi connectivity index (χ3n) is 0.508. The summed E-state index contributed by atoms with van der Waals surface area (Å²) in [5, 5.41) is 1.10. The fourth-order valence-electron chi connectivity index (χ4n) is 0.141. The molecular weight excluding hydrogens is 131 g/mol. The lowest BCUT2D eigenvalue weighted by Crippen LogP contribution is -1.61. The molecule has 0 aromatic heterocycles. The summed E-state index contributed by atoms with van der Waals surface area (Å²) in [6.45, 7) is 5.12. The van der Waals surface area contributed by atoms with Crippen molar-refractivity contribution in [2.75, 3.05) is 0 Å². The number of halogens is 2. The van der Waals surface area contributed by atoms with Gasteiger partial charge < -0.3 is 0 Å². The minimum atomic E-state index is 0.515. The van der Waals surface area contributed by atoms with Crippen molar-refractivity contribution in [3.63, 3.8) is 0 Å². The standard InChI is InChI=1S/C5H6Cl2/c1-3-5(7)4(2)6/h3H,1H2,2H3/b5-4-. The van der Waals surface area contributed by atoms with E-state index < -0.39 is 0 Å². The van der Waals surface area contributed by atoms with Gasteiger partial charge in [-0.05, 0) is 13.0 Å². The topological polar surface area (TPSA) is 0 Å². The molecule has 0 aromatic rings. The van der Waals surface area contributed by atoms with Gasteiger partial charge in [0.1, 0.15) is 0 Å². The molecule has 40 valence electrons. The van der Waals surface area contributed by atoms with Gasteiger partial charge in [0.05, 0.1) is 5.03 Å². The molecule has 2 heteroatoms. The zero-order chi connectivity index (χ0) is 5.86. The van der Waals surface area contributed by atoms with E-state index in [0.29, 0.717) is 10.1 Å². The van der Waals surface area contributed by atoms with Gasteiger partial charge in [0, 0.05) is 5.03 Å². The Morgan fingerprint density at radius 3 is 2.00 bits per heavy atom. The molecule has 0 aromatic carbocycles. The Bertz CT molecular complexity index is 98.6. The van der Waals surface area contributed by atoms with Crippen LogP contribution in [-0.4, -0.2) is 0 Å². The fraction of sp³-hybridized carbons (Fsp3) is 0.200. The van der Waals surface area contributed by atoms with Crippen molar-refractivity contribution in [1.29, 1.82) is 0 Å². The van der Waals surface area contributed by atoms with Gasteiger partial charge in [-0.2, -0.15) is 0 Å². The average Bonchev–Trinajstić information content (AvgIpc) is 1.65. The summed E-state index contributed by atoms with van der Waals surface area (Å²) in [5.74, 6) is 0. The van der Waals surface area contributed by atoms with E-state index in [9.17, 15) is 0 Å². The highest BCUT2D eigenvalue weighted by Gasteiger charge is 1.85. The SMILES string of the molecule is C=C/C(Cl)=C(\C)Cl. The minimum Gasteiger partial charge on any atom is -0.0975 e. The lowest BCUT2D eigenvalue weighted by atomic mass is 10.5. The zero-order valence-corrected chi connectivity index (χ0v) is 5.55. The maximum absolute atomic E-state index is 5.43. The van der Waals surface area contributed by atoms with Gasteiger partial charge in [-0.15, -0.1) is 0 Å². The Morgan fingerprint density at radius 1 is 1.57 bits per heavy atom. The average molecular weight is 137 g/mol. The molecule has 0 atom stereocenters. The Balaban J connectivity index is 3.98. The summed E-state index contributed by atoms with van der Waals surface area (Å²) in [6, 6.07) is 0. The first-order valence-corrected chi connectivity index (χ1v) is 2.58. The maximum Gasteiger partial charge on any atom is 0.0542 e. The van der Waals surface area contributed by atoms with Crippen molar-refractivity contribution in [3.8, 4) is 0 Å². The molecule has 0 N–H and O–H groups in total. The molecule has 0 aliphatic carbocycles. The van der Waals surface area contributed by atoms with Crippen molar-refractivity contribution in [1.82, 2.24) is 0 Å². The molecule has 0 rings (SSSR count). The summed E-state index contributed by atoms with van der Waals surface area (Å²) in [4.78, 5) is 0. The minimum absolute atomic E-state index is 0.515. The number of hydrogen-bond acceptors (Lipinski definition) is 0. The van der Waals surface area contributed by atoms with Gasteiger partial charge in [-0.25, -0.2) is 0 Å². The lowest BCUT2D eigenvalue weighted by molar-refractivity contribution is 1.64. The van der Waals surface area contributed by atoms with Gasteiger partial charge in [-0.3, -0.25) is 0 Å². The second-order valence-electron chi connectivity index (χ2n) is 1.09. The Labute approximate surface area is 53.4 Å². The Hall–Kier alpha value is 0.0600. The van der Waals surface area contributed by atoms with Crippen LogP contribution < -0.4 is 0 Å².